The first-order chi connectivity index (χ1) is 11.1. The summed E-state index contributed by atoms with van der Waals surface area (Å²) in [4.78, 5) is 12.4. The predicted octanol–water partition coefficient (Wildman–Crippen LogP) is 2.81. The van der Waals surface area contributed by atoms with Crippen molar-refractivity contribution in [2.75, 3.05) is 11.0 Å². The van der Waals surface area contributed by atoms with E-state index in [1.54, 1.807) is 24.3 Å². The van der Waals surface area contributed by atoms with Crippen LogP contribution in [0.25, 0.3) is 0 Å². The van der Waals surface area contributed by atoms with Crippen LogP contribution in [-0.4, -0.2) is 26.1 Å². The molecule has 128 valence electrons. The molecule has 2 aromatic rings. The molecule has 6 heteroatoms. The molecule has 0 fully saturated rings. The van der Waals surface area contributed by atoms with Crippen LogP contribution in [-0.2, 0) is 16.4 Å². The maximum Gasteiger partial charge on any atom is 0.251 e. The van der Waals surface area contributed by atoms with E-state index in [0.717, 1.165) is 11.8 Å². The average Bonchev–Trinajstić information content (AvgIpc) is 2.46. The fourth-order valence-corrected chi connectivity index (χ4v) is 3.00. The Morgan fingerprint density at radius 3 is 2.12 bits per heavy atom. The van der Waals surface area contributed by atoms with Crippen LogP contribution in [0, 0.1) is 0 Å². The monoisotopic (exact) mass is 346 g/mol. The normalized spacial score (nSPS) is 11.8. The van der Waals surface area contributed by atoms with Gasteiger partial charge in [0.15, 0.2) is 0 Å². The fraction of sp³-hybridized carbons (Fsp3) is 0.278. The zero-order chi connectivity index (χ0) is 17.8. The Bertz CT molecular complexity index is 798. The Morgan fingerprint density at radius 1 is 1.00 bits per heavy atom. The molecule has 0 unspecified atom stereocenters. The summed E-state index contributed by atoms with van der Waals surface area (Å²) >= 11 is 0. The number of carbonyl (C=O) groups excluding carboxylic acids is 1. The van der Waals surface area contributed by atoms with Gasteiger partial charge in [0.1, 0.15) is 0 Å². The van der Waals surface area contributed by atoms with Gasteiger partial charge in [-0.1, -0.05) is 30.3 Å². The second kappa shape index (κ2) is 7.05. The van der Waals surface area contributed by atoms with Crippen LogP contribution in [0.5, 0.6) is 0 Å². The van der Waals surface area contributed by atoms with Crippen molar-refractivity contribution in [1.82, 2.24) is 5.32 Å². The first-order valence-corrected chi connectivity index (χ1v) is 9.48. The molecule has 0 bridgehead atoms. The van der Waals surface area contributed by atoms with E-state index in [2.05, 4.69) is 10.0 Å². The summed E-state index contributed by atoms with van der Waals surface area (Å²) in [6.07, 6.45) is 1.80. The molecular weight excluding hydrogens is 324 g/mol. The van der Waals surface area contributed by atoms with Crippen molar-refractivity contribution in [2.24, 2.45) is 0 Å². The van der Waals surface area contributed by atoms with Gasteiger partial charge in [0.25, 0.3) is 5.91 Å². The molecule has 0 aliphatic heterocycles. The molecule has 0 atom stereocenters. The smallest absolute Gasteiger partial charge is 0.251 e. The van der Waals surface area contributed by atoms with E-state index in [9.17, 15) is 13.2 Å². The van der Waals surface area contributed by atoms with Gasteiger partial charge in [-0.25, -0.2) is 8.42 Å². The third-order valence-corrected chi connectivity index (χ3v) is 4.00. The van der Waals surface area contributed by atoms with Crippen LogP contribution < -0.4 is 10.0 Å². The summed E-state index contributed by atoms with van der Waals surface area (Å²) in [5.41, 5.74) is 1.66. The molecule has 0 saturated heterocycles. The largest absolute Gasteiger partial charge is 0.347 e. The highest BCUT2D eigenvalue weighted by atomic mass is 32.2. The summed E-state index contributed by atoms with van der Waals surface area (Å²) < 4.78 is 24.7. The van der Waals surface area contributed by atoms with Gasteiger partial charge in [-0.3, -0.25) is 9.52 Å². The highest BCUT2D eigenvalue weighted by Gasteiger charge is 2.21. The summed E-state index contributed by atoms with van der Waals surface area (Å²) in [6, 6.07) is 16.3. The summed E-state index contributed by atoms with van der Waals surface area (Å²) in [5.74, 6) is -0.193. The highest BCUT2D eigenvalue weighted by Crippen LogP contribution is 2.15. The number of carbonyl (C=O) groups is 1. The number of hydrogen-bond donors (Lipinski definition) is 2. The maximum absolute atomic E-state index is 12.4. The van der Waals surface area contributed by atoms with Gasteiger partial charge in [0.05, 0.1) is 6.26 Å². The van der Waals surface area contributed by atoms with Crippen molar-refractivity contribution in [3.8, 4) is 0 Å². The zero-order valence-electron chi connectivity index (χ0n) is 14.0. The van der Waals surface area contributed by atoms with Crippen molar-refractivity contribution in [1.29, 1.82) is 0 Å². The third kappa shape index (κ3) is 5.70. The van der Waals surface area contributed by atoms with E-state index in [1.807, 2.05) is 44.2 Å². The Labute approximate surface area is 143 Å². The molecule has 0 aliphatic rings. The molecule has 0 spiro atoms. The Hall–Kier alpha value is -2.34. The van der Waals surface area contributed by atoms with E-state index in [1.165, 1.54) is 0 Å². The van der Waals surface area contributed by atoms with Crippen molar-refractivity contribution in [3.63, 3.8) is 0 Å². The predicted molar refractivity (Wildman–Crippen MR) is 96.6 cm³/mol. The van der Waals surface area contributed by atoms with Crippen LogP contribution >= 0.6 is 0 Å². The molecule has 5 nitrogen and oxygen atoms in total. The summed E-state index contributed by atoms with van der Waals surface area (Å²) in [7, 11) is -3.32. The van der Waals surface area contributed by atoms with Gasteiger partial charge in [0.2, 0.25) is 10.0 Å². The minimum absolute atomic E-state index is 0.193. The molecule has 24 heavy (non-hydrogen) atoms. The SMILES string of the molecule is CC(C)(Cc1ccccc1)NC(=O)c1ccc(NS(C)(=O)=O)cc1. The van der Waals surface area contributed by atoms with Crippen LogP contribution in [0.15, 0.2) is 54.6 Å². The summed E-state index contributed by atoms with van der Waals surface area (Å²) in [6.45, 7) is 3.94. The fourth-order valence-electron chi connectivity index (χ4n) is 2.43. The van der Waals surface area contributed by atoms with Crippen molar-refractivity contribution >= 4 is 21.6 Å². The second-order valence-electron chi connectivity index (χ2n) is 6.45. The van der Waals surface area contributed by atoms with Crippen molar-refractivity contribution < 1.29 is 13.2 Å². The lowest BCUT2D eigenvalue weighted by molar-refractivity contribution is 0.0913. The number of rotatable bonds is 6. The molecule has 0 saturated carbocycles. The van der Waals surface area contributed by atoms with Crippen molar-refractivity contribution in [3.05, 3.63) is 65.7 Å². The van der Waals surface area contributed by atoms with Gasteiger partial charge in [-0.05, 0) is 50.1 Å². The molecule has 0 radical (unpaired) electrons. The van der Waals surface area contributed by atoms with Gasteiger partial charge in [-0.2, -0.15) is 0 Å². The number of anilines is 1. The Kier molecular flexibility index (Phi) is 5.29. The lowest BCUT2D eigenvalue weighted by Crippen LogP contribution is -2.45. The molecule has 0 aliphatic carbocycles. The van der Waals surface area contributed by atoms with Crippen LogP contribution in [0.1, 0.15) is 29.8 Å². The maximum atomic E-state index is 12.4. The van der Waals surface area contributed by atoms with Crippen molar-refractivity contribution in [2.45, 2.75) is 25.8 Å². The number of sulfonamides is 1. The van der Waals surface area contributed by atoms with E-state index in [-0.39, 0.29) is 5.91 Å². The van der Waals surface area contributed by atoms with Gasteiger partial charge in [0, 0.05) is 16.8 Å². The van der Waals surface area contributed by atoms with E-state index in [4.69, 9.17) is 0 Å². The van der Waals surface area contributed by atoms with E-state index in [0.29, 0.717) is 17.7 Å². The minimum atomic E-state index is -3.32. The highest BCUT2D eigenvalue weighted by molar-refractivity contribution is 7.92. The number of hydrogen-bond acceptors (Lipinski definition) is 3. The quantitative estimate of drug-likeness (QED) is 0.844. The number of amides is 1. The Morgan fingerprint density at radius 2 is 1.58 bits per heavy atom. The third-order valence-electron chi connectivity index (χ3n) is 3.39. The van der Waals surface area contributed by atoms with E-state index < -0.39 is 15.6 Å². The van der Waals surface area contributed by atoms with Gasteiger partial charge in [-0.15, -0.1) is 0 Å². The van der Waals surface area contributed by atoms with E-state index >= 15 is 0 Å². The molecule has 2 aromatic carbocycles. The minimum Gasteiger partial charge on any atom is -0.347 e. The van der Waals surface area contributed by atoms with Crippen LogP contribution in [0.3, 0.4) is 0 Å². The van der Waals surface area contributed by atoms with Crippen LogP contribution in [0.4, 0.5) is 5.69 Å². The van der Waals surface area contributed by atoms with Crippen LogP contribution in [0.2, 0.25) is 0 Å². The standard InChI is InChI=1S/C18H22N2O3S/c1-18(2,13-14-7-5-4-6-8-14)19-17(21)15-9-11-16(12-10-15)20-24(3,22)23/h4-12,20H,13H2,1-3H3,(H,19,21). The molecule has 2 N–H and O–H groups in total. The Balaban J connectivity index is 2.03. The first-order valence-electron chi connectivity index (χ1n) is 7.59. The van der Waals surface area contributed by atoms with Gasteiger partial charge < -0.3 is 5.32 Å². The lowest BCUT2D eigenvalue weighted by Gasteiger charge is -2.26. The number of benzene rings is 2. The first kappa shape index (κ1) is 18.0. The average molecular weight is 346 g/mol. The zero-order valence-corrected chi connectivity index (χ0v) is 14.9. The molecule has 1 amide bonds. The molecule has 0 heterocycles. The molecule has 0 aromatic heterocycles. The summed E-state index contributed by atoms with van der Waals surface area (Å²) in [5, 5.41) is 3.01. The second-order valence-corrected chi connectivity index (χ2v) is 8.20. The molecular formula is C18H22N2O3S. The number of nitrogens with one attached hydrogen (secondary N) is 2. The lowest BCUT2D eigenvalue weighted by atomic mass is 9.94. The molecule has 2 rings (SSSR count). The van der Waals surface area contributed by atoms with Gasteiger partial charge >= 0.3 is 0 Å². The topological polar surface area (TPSA) is 75.3 Å².